The van der Waals surface area contributed by atoms with Gasteiger partial charge in [-0.25, -0.2) is 0 Å². The maximum Gasteiger partial charge on any atom is 0.234 e. The van der Waals surface area contributed by atoms with Gasteiger partial charge < -0.3 is 11.1 Å². The van der Waals surface area contributed by atoms with Gasteiger partial charge in [0.25, 0.3) is 0 Å². The van der Waals surface area contributed by atoms with E-state index in [0.717, 1.165) is 11.1 Å². The number of benzene rings is 1. The largest absolute Gasteiger partial charge is 0.344 e. The molecule has 78 valence electrons. The Bertz CT molecular complexity index is 402. The van der Waals surface area contributed by atoms with Crippen LogP contribution in [0.5, 0.6) is 0 Å². The molecule has 0 unspecified atom stereocenters. The Kier molecular flexibility index (Phi) is 4.39. The van der Waals surface area contributed by atoms with Gasteiger partial charge in [-0.1, -0.05) is 30.0 Å². The minimum absolute atomic E-state index is 0.00600. The van der Waals surface area contributed by atoms with Crippen LogP contribution in [0.15, 0.2) is 24.3 Å². The molecule has 0 radical (unpaired) electrons. The maximum atomic E-state index is 10.8. The van der Waals surface area contributed by atoms with Crippen molar-refractivity contribution in [2.75, 3.05) is 13.1 Å². The zero-order valence-corrected chi connectivity index (χ0v) is 8.71. The molecule has 0 bridgehead atoms. The highest BCUT2D eigenvalue weighted by Gasteiger charge is 1.92. The molecule has 0 saturated heterocycles. The van der Waals surface area contributed by atoms with Crippen molar-refractivity contribution >= 4 is 5.91 Å². The van der Waals surface area contributed by atoms with Gasteiger partial charge in [-0.2, -0.15) is 0 Å². The van der Waals surface area contributed by atoms with Gasteiger partial charge in [0.15, 0.2) is 0 Å². The van der Waals surface area contributed by atoms with Gasteiger partial charge in [0.05, 0.1) is 13.1 Å². The number of aryl methyl sites for hydroxylation is 1. The Balaban J connectivity index is 2.52. The SMILES string of the molecule is Cc1ccccc1C#CCNC(=O)CN. The Morgan fingerprint density at radius 1 is 1.47 bits per heavy atom. The number of carbonyl (C=O) groups is 1. The number of amides is 1. The lowest BCUT2D eigenvalue weighted by molar-refractivity contribution is -0.119. The van der Waals surface area contributed by atoms with E-state index >= 15 is 0 Å². The summed E-state index contributed by atoms with van der Waals surface area (Å²) in [6.45, 7) is 2.35. The van der Waals surface area contributed by atoms with Crippen LogP contribution >= 0.6 is 0 Å². The van der Waals surface area contributed by atoms with E-state index in [9.17, 15) is 4.79 Å². The van der Waals surface area contributed by atoms with Gasteiger partial charge in [0, 0.05) is 5.56 Å². The summed E-state index contributed by atoms with van der Waals surface area (Å²) in [6.07, 6.45) is 0. The molecule has 0 aliphatic carbocycles. The number of nitrogens with two attached hydrogens (primary N) is 1. The molecular formula is C12H14N2O. The predicted molar refractivity (Wildman–Crippen MR) is 60.1 cm³/mol. The van der Waals surface area contributed by atoms with Crippen molar-refractivity contribution in [2.45, 2.75) is 6.92 Å². The van der Waals surface area contributed by atoms with E-state index in [0.29, 0.717) is 6.54 Å². The zero-order valence-electron chi connectivity index (χ0n) is 8.71. The fourth-order valence-corrected chi connectivity index (χ4v) is 1.07. The molecule has 0 fully saturated rings. The summed E-state index contributed by atoms with van der Waals surface area (Å²) in [4.78, 5) is 10.8. The first-order chi connectivity index (χ1) is 7.24. The summed E-state index contributed by atoms with van der Waals surface area (Å²) in [6, 6.07) is 7.86. The minimum Gasteiger partial charge on any atom is -0.344 e. The van der Waals surface area contributed by atoms with Crippen molar-refractivity contribution in [1.82, 2.24) is 5.32 Å². The minimum atomic E-state index is -0.186. The lowest BCUT2D eigenvalue weighted by Crippen LogP contribution is -2.30. The van der Waals surface area contributed by atoms with Crippen molar-refractivity contribution in [2.24, 2.45) is 5.73 Å². The van der Waals surface area contributed by atoms with Crippen LogP contribution in [-0.4, -0.2) is 19.0 Å². The van der Waals surface area contributed by atoms with Crippen LogP contribution in [-0.2, 0) is 4.79 Å². The molecule has 1 aromatic carbocycles. The molecule has 0 saturated carbocycles. The van der Waals surface area contributed by atoms with Gasteiger partial charge in [-0.15, -0.1) is 0 Å². The van der Waals surface area contributed by atoms with Crippen LogP contribution in [0.1, 0.15) is 11.1 Å². The summed E-state index contributed by atoms with van der Waals surface area (Å²) in [5.74, 6) is 5.67. The number of nitrogens with one attached hydrogen (secondary N) is 1. The second-order valence-corrected chi connectivity index (χ2v) is 3.10. The van der Waals surface area contributed by atoms with Gasteiger partial charge in [-0.05, 0) is 18.6 Å². The Hall–Kier alpha value is -1.79. The molecular weight excluding hydrogens is 188 g/mol. The topological polar surface area (TPSA) is 55.1 Å². The average Bonchev–Trinajstić information content (AvgIpc) is 2.26. The fraction of sp³-hybridized carbons (Fsp3) is 0.250. The molecule has 0 heterocycles. The lowest BCUT2D eigenvalue weighted by Gasteiger charge is -1.96. The van der Waals surface area contributed by atoms with E-state index in [2.05, 4.69) is 17.2 Å². The van der Waals surface area contributed by atoms with E-state index in [1.165, 1.54) is 0 Å². The highest BCUT2D eigenvalue weighted by Crippen LogP contribution is 2.03. The maximum absolute atomic E-state index is 10.8. The predicted octanol–water partition coefficient (Wildman–Crippen LogP) is 0.421. The smallest absolute Gasteiger partial charge is 0.234 e. The molecule has 0 atom stereocenters. The Labute approximate surface area is 89.7 Å². The van der Waals surface area contributed by atoms with Crippen LogP contribution in [0.3, 0.4) is 0 Å². The summed E-state index contributed by atoms with van der Waals surface area (Å²) >= 11 is 0. The van der Waals surface area contributed by atoms with Gasteiger partial charge in [0.2, 0.25) is 5.91 Å². The highest BCUT2D eigenvalue weighted by atomic mass is 16.1. The Morgan fingerprint density at radius 2 is 2.20 bits per heavy atom. The molecule has 1 aromatic rings. The van der Waals surface area contributed by atoms with Crippen LogP contribution < -0.4 is 11.1 Å². The highest BCUT2D eigenvalue weighted by molar-refractivity contribution is 5.77. The summed E-state index contributed by atoms with van der Waals surface area (Å²) in [5.41, 5.74) is 7.25. The van der Waals surface area contributed by atoms with E-state index in [1.807, 2.05) is 31.2 Å². The molecule has 1 rings (SSSR count). The quantitative estimate of drug-likeness (QED) is 0.683. The number of hydrogen-bond acceptors (Lipinski definition) is 2. The lowest BCUT2D eigenvalue weighted by atomic mass is 10.1. The fourth-order valence-electron chi connectivity index (χ4n) is 1.07. The van der Waals surface area contributed by atoms with E-state index in [-0.39, 0.29) is 12.5 Å². The van der Waals surface area contributed by atoms with Gasteiger partial charge in [0.1, 0.15) is 0 Å². The molecule has 3 heteroatoms. The molecule has 0 aliphatic rings. The van der Waals surface area contributed by atoms with Crippen LogP contribution in [0.4, 0.5) is 0 Å². The molecule has 3 N–H and O–H groups in total. The first-order valence-electron chi connectivity index (χ1n) is 4.75. The summed E-state index contributed by atoms with van der Waals surface area (Å²) in [7, 11) is 0. The first kappa shape index (κ1) is 11.3. The molecule has 3 nitrogen and oxygen atoms in total. The summed E-state index contributed by atoms with van der Waals surface area (Å²) < 4.78 is 0. The van der Waals surface area contributed by atoms with Crippen molar-refractivity contribution in [1.29, 1.82) is 0 Å². The molecule has 0 aliphatic heterocycles. The van der Waals surface area contributed by atoms with Crippen LogP contribution in [0.25, 0.3) is 0 Å². The Morgan fingerprint density at radius 3 is 2.87 bits per heavy atom. The van der Waals surface area contributed by atoms with Crippen molar-refractivity contribution < 1.29 is 4.79 Å². The summed E-state index contributed by atoms with van der Waals surface area (Å²) in [5, 5.41) is 2.58. The third kappa shape index (κ3) is 3.84. The van der Waals surface area contributed by atoms with E-state index < -0.39 is 0 Å². The second-order valence-electron chi connectivity index (χ2n) is 3.10. The average molecular weight is 202 g/mol. The third-order valence-electron chi connectivity index (χ3n) is 1.93. The molecule has 15 heavy (non-hydrogen) atoms. The molecule has 0 aromatic heterocycles. The third-order valence-corrected chi connectivity index (χ3v) is 1.93. The second kappa shape index (κ2) is 5.84. The zero-order chi connectivity index (χ0) is 11.1. The first-order valence-corrected chi connectivity index (χ1v) is 4.75. The normalized spacial score (nSPS) is 8.93. The number of rotatable bonds is 2. The van der Waals surface area contributed by atoms with Gasteiger partial charge >= 0.3 is 0 Å². The van der Waals surface area contributed by atoms with Crippen molar-refractivity contribution in [3.05, 3.63) is 35.4 Å². The van der Waals surface area contributed by atoms with Crippen LogP contribution in [0, 0.1) is 18.8 Å². The number of hydrogen-bond donors (Lipinski definition) is 2. The van der Waals surface area contributed by atoms with Crippen LogP contribution in [0.2, 0.25) is 0 Å². The van der Waals surface area contributed by atoms with Gasteiger partial charge in [-0.3, -0.25) is 4.79 Å². The van der Waals surface area contributed by atoms with E-state index in [1.54, 1.807) is 0 Å². The molecule has 1 amide bonds. The van der Waals surface area contributed by atoms with Crippen molar-refractivity contribution in [3.63, 3.8) is 0 Å². The standard InChI is InChI=1S/C12H14N2O/c1-10-5-2-3-6-11(10)7-4-8-14-12(15)9-13/h2-3,5-6H,8-9,13H2,1H3,(H,14,15). The van der Waals surface area contributed by atoms with E-state index in [4.69, 9.17) is 5.73 Å². The monoisotopic (exact) mass is 202 g/mol. The molecule has 0 spiro atoms. The van der Waals surface area contributed by atoms with Crippen molar-refractivity contribution in [3.8, 4) is 11.8 Å². The number of carbonyl (C=O) groups excluding carboxylic acids is 1.